The minimum absolute atomic E-state index is 0.233. The molecule has 5 rings (SSSR count). The van der Waals surface area contributed by atoms with E-state index in [1.54, 1.807) is 12.3 Å². The van der Waals surface area contributed by atoms with E-state index in [4.69, 9.17) is 4.74 Å². The maximum atomic E-state index is 10.9. The molecule has 0 amide bonds. The second-order valence-electron chi connectivity index (χ2n) is 8.08. The summed E-state index contributed by atoms with van der Waals surface area (Å²) >= 11 is 0. The first-order chi connectivity index (χ1) is 14.8. The second-order valence-corrected chi connectivity index (χ2v) is 8.08. The van der Waals surface area contributed by atoms with Crippen LogP contribution in [0.3, 0.4) is 0 Å². The molecule has 2 aromatic heterocycles. The van der Waals surface area contributed by atoms with Gasteiger partial charge in [0.2, 0.25) is 0 Å². The maximum absolute atomic E-state index is 10.9. The number of H-pyrrole nitrogens is 1. The van der Waals surface area contributed by atoms with Crippen molar-refractivity contribution < 1.29 is 9.84 Å². The fraction of sp³-hybridized carbons (Fsp3) is 0.269. The number of ether oxygens (including phenoxy) is 1. The van der Waals surface area contributed by atoms with E-state index in [2.05, 4.69) is 34.2 Å². The van der Waals surface area contributed by atoms with Crippen LogP contribution in [0.15, 0.2) is 66.9 Å². The van der Waals surface area contributed by atoms with Gasteiger partial charge in [0.05, 0.1) is 11.4 Å². The van der Waals surface area contributed by atoms with E-state index in [1.807, 2.05) is 30.3 Å². The van der Waals surface area contributed by atoms with E-state index in [0.29, 0.717) is 18.3 Å². The van der Waals surface area contributed by atoms with Gasteiger partial charge in [-0.05, 0) is 54.7 Å². The normalized spacial score (nSPS) is 14.8. The van der Waals surface area contributed by atoms with Crippen molar-refractivity contribution in [2.45, 2.75) is 44.6 Å². The molecule has 4 heteroatoms. The molecule has 2 N–H and O–H groups in total. The zero-order chi connectivity index (χ0) is 20.3. The van der Waals surface area contributed by atoms with Gasteiger partial charge in [-0.3, -0.25) is 4.98 Å². The number of fused-ring (bicyclic) bond motifs is 1. The van der Waals surface area contributed by atoms with Gasteiger partial charge in [-0.1, -0.05) is 43.5 Å². The van der Waals surface area contributed by atoms with Crippen LogP contribution in [0, 0.1) is 0 Å². The Morgan fingerprint density at radius 3 is 2.60 bits per heavy atom. The number of aromatic hydroxyl groups is 1. The summed E-state index contributed by atoms with van der Waals surface area (Å²) < 4.78 is 5.84. The van der Waals surface area contributed by atoms with E-state index < -0.39 is 0 Å². The Morgan fingerprint density at radius 1 is 0.967 bits per heavy atom. The van der Waals surface area contributed by atoms with Gasteiger partial charge in [0.25, 0.3) is 0 Å². The van der Waals surface area contributed by atoms with Gasteiger partial charge in [0.15, 0.2) is 0 Å². The summed E-state index contributed by atoms with van der Waals surface area (Å²) in [6.07, 6.45) is 8.04. The minimum Gasteiger partial charge on any atom is -0.507 e. The van der Waals surface area contributed by atoms with Crippen molar-refractivity contribution in [2.75, 3.05) is 0 Å². The van der Waals surface area contributed by atoms with Gasteiger partial charge in [-0.25, -0.2) is 0 Å². The summed E-state index contributed by atoms with van der Waals surface area (Å²) in [6.45, 7) is 0.374. The Hall–Kier alpha value is -3.27. The zero-order valence-corrected chi connectivity index (χ0v) is 17.0. The van der Waals surface area contributed by atoms with Gasteiger partial charge in [-0.15, -0.1) is 0 Å². The van der Waals surface area contributed by atoms with Crippen LogP contribution >= 0.6 is 0 Å². The summed E-state index contributed by atoms with van der Waals surface area (Å²) in [6, 6.07) is 19.8. The number of hydrogen-bond donors (Lipinski definition) is 2. The lowest BCUT2D eigenvalue weighted by molar-refractivity contribution is 0.299. The van der Waals surface area contributed by atoms with Crippen molar-refractivity contribution in [3.05, 3.63) is 78.1 Å². The number of phenols is 1. The third-order valence-electron chi connectivity index (χ3n) is 6.11. The number of aromatic nitrogens is 2. The standard InChI is InChI=1S/C26H26N2O2/c29-24-16-20(30-17-19-10-6-7-15-27-19)13-14-22(24)26-25(18-8-2-1-3-9-18)21-11-4-5-12-23(21)28-26/h4-7,10-16,18,28-29H,1-3,8-9,17H2. The highest BCUT2D eigenvalue weighted by Gasteiger charge is 2.24. The number of pyridine rings is 1. The number of phenolic OH excluding ortho intramolecular Hbond substituents is 1. The molecule has 1 saturated carbocycles. The Balaban J connectivity index is 1.49. The van der Waals surface area contributed by atoms with Gasteiger partial charge < -0.3 is 14.8 Å². The van der Waals surface area contributed by atoms with Gasteiger partial charge in [0, 0.05) is 28.7 Å². The first-order valence-corrected chi connectivity index (χ1v) is 10.8. The van der Waals surface area contributed by atoms with Crippen LogP contribution in [0.1, 0.15) is 49.3 Å². The van der Waals surface area contributed by atoms with E-state index >= 15 is 0 Å². The molecule has 30 heavy (non-hydrogen) atoms. The van der Waals surface area contributed by atoms with Crippen molar-refractivity contribution in [2.24, 2.45) is 0 Å². The number of nitrogens with zero attached hydrogens (tertiary/aromatic N) is 1. The number of rotatable bonds is 5. The molecule has 152 valence electrons. The molecule has 0 radical (unpaired) electrons. The Labute approximate surface area is 176 Å². The van der Waals surface area contributed by atoms with Crippen LogP contribution in [-0.4, -0.2) is 15.1 Å². The van der Waals surface area contributed by atoms with E-state index in [-0.39, 0.29) is 5.75 Å². The van der Waals surface area contributed by atoms with Crippen LogP contribution in [0.2, 0.25) is 0 Å². The molecule has 0 saturated heterocycles. The summed E-state index contributed by atoms with van der Waals surface area (Å²) in [4.78, 5) is 7.86. The molecule has 4 aromatic rings. The SMILES string of the molecule is Oc1cc(OCc2ccccn2)ccc1-c1[nH]c2ccccc2c1C1CCCCC1. The molecule has 0 unspecified atom stereocenters. The third kappa shape index (κ3) is 3.65. The molecule has 1 aliphatic rings. The first kappa shape index (κ1) is 18.7. The predicted octanol–water partition coefficient (Wildman–Crippen LogP) is 6.56. The summed E-state index contributed by atoms with van der Waals surface area (Å²) in [5.74, 6) is 1.40. The minimum atomic E-state index is 0.233. The average Bonchev–Trinajstić information content (AvgIpc) is 3.18. The predicted molar refractivity (Wildman–Crippen MR) is 120 cm³/mol. The van der Waals surface area contributed by atoms with Crippen molar-refractivity contribution in [3.8, 4) is 22.8 Å². The largest absolute Gasteiger partial charge is 0.507 e. The molecule has 0 spiro atoms. The van der Waals surface area contributed by atoms with Gasteiger partial charge in [-0.2, -0.15) is 0 Å². The molecule has 0 bridgehead atoms. The average molecular weight is 399 g/mol. The van der Waals surface area contributed by atoms with Gasteiger partial charge >= 0.3 is 0 Å². The molecule has 1 aliphatic carbocycles. The number of benzene rings is 2. The van der Waals surface area contributed by atoms with Gasteiger partial charge in [0.1, 0.15) is 18.1 Å². The molecule has 0 aliphatic heterocycles. The number of nitrogens with one attached hydrogen (secondary N) is 1. The third-order valence-corrected chi connectivity index (χ3v) is 6.11. The van der Waals surface area contributed by atoms with Crippen LogP contribution in [0.4, 0.5) is 0 Å². The molecule has 0 atom stereocenters. The Bertz CT molecular complexity index is 1140. The van der Waals surface area contributed by atoms with E-state index in [9.17, 15) is 5.11 Å². The van der Waals surface area contributed by atoms with Crippen LogP contribution in [0.5, 0.6) is 11.5 Å². The molecule has 1 fully saturated rings. The Morgan fingerprint density at radius 2 is 1.80 bits per heavy atom. The number of para-hydroxylation sites is 1. The highest BCUT2D eigenvalue weighted by atomic mass is 16.5. The summed E-state index contributed by atoms with van der Waals surface area (Å²) in [5, 5.41) is 12.1. The lowest BCUT2D eigenvalue weighted by Gasteiger charge is -2.23. The molecule has 4 nitrogen and oxygen atoms in total. The topological polar surface area (TPSA) is 58.1 Å². The number of hydrogen-bond acceptors (Lipinski definition) is 3. The first-order valence-electron chi connectivity index (χ1n) is 10.8. The van der Waals surface area contributed by atoms with E-state index in [0.717, 1.165) is 22.5 Å². The lowest BCUT2D eigenvalue weighted by atomic mass is 9.82. The highest BCUT2D eigenvalue weighted by molar-refractivity contribution is 5.92. The van der Waals surface area contributed by atoms with Crippen molar-refractivity contribution in [3.63, 3.8) is 0 Å². The molecular formula is C26H26N2O2. The quantitative estimate of drug-likeness (QED) is 0.400. The van der Waals surface area contributed by atoms with Crippen molar-refractivity contribution >= 4 is 10.9 Å². The van der Waals surface area contributed by atoms with E-state index in [1.165, 1.54) is 43.1 Å². The highest BCUT2D eigenvalue weighted by Crippen LogP contribution is 2.44. The smallest absolute Gasteiger partial charge is 0.130 e. The van der Waals surface area contributed by atoms with Crippen LogP contribution in [0.25, 0.3) is 22.2 Å². The Kier molecular flexibility index (Phi) is 5.14. The molecular weight excluding hydrogens is 372 g/mol. The molecule has 2 heterocycles. The number of aromatic amines is 1. The lowest BCUT2D eigenvalue weighted by Crippen LogP contribution is -2.05. The maximum Gasteiger partial charge on any atom is 0.130 e. The monoisotopic (exact) mass is 398 g/mol. The van der Waals surface area contributed by atoms with Crippen molar-refractivity contribution in [1.29, 1.82) is 0 Å². The van der Waals surface area contributed by atoms with Crippen LogP contribution in [-0.2, 0) is 6.61 Å². The fourth-order valence-corrected chi connectivity index (χ4v) is 4.64. The zero-order valence-electron chi connectivity index (χ0n) is 17.0. The molecule has 2 aromatic carbocycles. The summed E-state index contributed by atoms with van der Waals surface area (Å²) in [7, 11) is 0. The summed E-state index contributed by atoms with van der Waals surface area (Å²) in [5.41, 5.74) is 5.20. The fourth-order valence-electron chi connectivity index (χ4n) is 4.64. The second kappa shape index (κ2) is 8.23. The van der Waals surface area contributed by atoms with Crippen LogP contribution < -0.4 is 4.74 Å². The van der Waals surface area contributed by atoms with Crippen molar-refractivity contribution in [1.82, 2.24) is 9.97 Å².